The van der Waals surface area contributed by atoms with Gasteiger partial charge in [-0.3, -0.25) is 14.1 Å². The molecule has 1 saturated heterocycles. The first kappa shape index (κ1) is 57.4. The van der Waals surface area contributed by atoms with E-state index in [1.54, 1.807) is 0 Å². The molecular formula is C49H84O12S. The summed E-state index contributed by atoms with van der Waals surface area (Å²) in [6, 6.07) is 0. The van der Waals surface area contributed by atoms with Crippen molar-refractivity contribution >= 4 is 22.1 Å². The first-order valence-corrected chi connectivity index (χ1v) is 25.5. The molecule has 358 valence electrons. The van der Waals surface area contributed by atoms with Gasteiger partial charge in [-0.25, -0.2) is 0 Å². The number of allylic oxidation sites excluding steroid dienone is 10. The second kappa shape index (κ2) is 38.8. The average Bonchev–Trinajstić information content (AvgIpc) is 3.24. The van der Waals surface area contributed by atoms with E-state index in [2.05, 4.69) is 74.6 Å². The third-order valence-corrected chi connectivity index (χ3v) is 11.3. The van der Waals surface area contributed by atoms with Gasteiger partial charge in [-0.15, -0.1) is 0 Å². The molecule has 13 heteroatoms. The molecule has 1 fully saturated rings. The van der Waals surface area contributed by atoms with Gasteiger partial charge in [0, 0.05) is 12.8 Å². The molecule has 2 unspecified atom stereocenters. The molecule has 1 aliphatic heterocycles. The monoisotopic (exact) mass is 897 g/mol. The van der Waals surface area contributed by atoms with E-state index in [1.807, 2.05) is 0 Å². The molecule has 0 saturated carbocycles. The number of hydrogen-bond donors (Lipinski definition) is 4. The van der Waals surface area contributed by atoms with Gasteiger partial charge in [0.25, 0.3) is 10.1 Å². The molecule has 1 heterocycles. The van der Waals surface area contributed by atoms with Crippen LogP contribution in [-0.2, 0) is 38.7 Å². The van der Waals surface area contributed by atoms with E-state index in [9.17, 15) is 37.9 Å². The minimum absolute atomic E-state index is 0.125. The van der Waals surface area contributed by atoms with Crippen LogP contribution in [0, 0.1) is 0 Å². The molecule has 0 amide bonds. The van der Waals surface area contributed by atoms with Crippen LogP contribution in [0.1, 0.15) is 181 Å². The molecule has 0 aromatic rings. The Hall–Kier alpha value is -2.65. The first-order chi connectivity index (χ1) is 30.0. The zero-order valence-electron chi connectivity index (χ0n) is 38.2. The molecule has 0 radical (unpaired) electrons. The lowest BCUT2D eigenvalue weighted by Crippen LogP contribution is -2.60. The Kier molecular flexibility index (Phi) is 35.9. The fourth-order valence-corrected chi connectivity index (χ4v) is 7.52. The Labute approximate surface area is 375 Å². The summed E-state index contributed by atoms with van der Waals surface area (Å²) in [5.41, 5.74) is 0. The molecule has 12 nitrogen and oxygen atoms in total. The van der Waals surface area contributed by atoms with Gasteiger partial charge >= 0.3 is 11.9 Å². The van der Waals surface area contributed by atoms with E-state index in [-0.39, 0.29) is 19.4 Å². The zero-order chi connectivity index (χ0) is 45.5. The van der Waals surface area contributed by atoms with Crippen molar-refractivity contribution in [2.75, 3.05) is 19.0 Å². The van der Waals surface area contributed by atoms with Gasteiger partial charge in [0.05, 0.1) is 6.61 Å². The number of rotatable bonds is 39. The number of carbonyl (C=O) groups excluding carboxylic acids is 2. The first-order valence-electron chi connectivity index (χ1n) is 23.8. The Morgan fingerprint density at radius 2 is 0.968 bits per heavy atom. The maximum absolute atomic E-state index is 12.8. The molecule has 0 spiro atoms. The summed E-state index contributed by atoms with van der Waals surface area (Å²) < 4.78 is 54.1. The average molecular weight is 897 g/mol. The number of unbranched alkanes of at least 4 members (excludes halogenated alkanes) is 17. The lowest BCUT2D eigenvalue weighted by molar-refractivity contribution is -0.297. The normalized spacial score (nSPS) is 20.4. The Balaban J connectivity index is 2.46. The van der Waals surface area contributed by atoms with Gasteiger partial charge in [-0.05, 0) is 83.5 Å². The topological polar surface area (TPSA) is 186 Å². The maximum atomic E-state index is 12.8. The third kappa shape index (κ3) is 32.9. The van der Waals surface area contributed by atoms with Gasteiger partial charge in [0.15, 0.2) is 12.4 Å². The van der Waals surface area contributed by atoms with E-state index in [0.717, 1.165) is 57.8 Å². The SMILES string of the molecule is CCCCC/C=C/C/C=C/C/C=C/C/C=C/CCCCCC(=O)OC[C@H](CO[C@H]1O[C@H](CS(=O)(=O)O)[C@@H](O)C(O)C1O)OC(=O)CCCC/C=C/CCCCCCCCCCC. The van der Waals surface area contributed by atoms with Crippen LogP contribution in [0.5, 0.6) is 0 Å². The molecule has 0 aromatic heterocycles. The van der Waals surface area contributed by atoms with Crippen molar-refractivity contribution in [1.29, 1.82) is 0 Å². The highest BCUT2D eigenvalue weighted by Crippen LogP contribution is 2.24. The summed E-state index contributed by atoms with van der Waals surface area (Å²) in [5.74, 6) is -2.06. The zero-order valence-corrected chi connectivity index (χ0v) is 39.0. The number of carbonyl (C=O) groups is 2. The van der Waals surface area contributed by atoms with E-state index in [4.69, 9.17) is 18.9 Å². The summed E-state index contributed by atoms with van der Waals surface area (Å²) in [6.45, 7) is 3.69. The molecule has 4 N–H and O–H groups in total. The quantitative estimate of drug-likeness (QED) is 0.0198. The summed E-state index contributed by atoms with van der Waals surface area (Å²) in [5, 5.41) is 30.9. The summed E-state index contributed by atoms with van der Waals surface area (Å²) in [6.07, 6.45) is 38.3. The molecule has 6 atom stereocenters. The van der Waals surface area contributed by atoms with Crippen molar-refractivity contribution in [2.45, 2.75) is 218 Å². The van der Waals surface area contributed by atoms with Gasteiger partial charge in [-0.2, -0.15) is 8.42 Å². The number of ether oxygens (including phenoxy) is 4. The predicted molar refractivity (Wildman–Crippen MR) is 247 cm³/mol. The van der Waals surface area contributed by atoms with Crippen LogP contribution in [0.25, 0.3) is 0 Å². The number of aliphatic hydroxyl groups is 3. The van der Waals surface area contributed by atoms with Crippen molar-refractivity contribution in [3.05, 3.63) is 60.8 Å². The van der Waals surface area contributed by atoms with E-state index in [0.29, 0.717) is 12.8 Å². The van der Waals surface area contributed by atoms with Crippen molar-refractivity contribution in [2.24, 2.45) is 0 Å². The number of esters is 2. The molecular weight excluding hydrogens is 813 g/mol. The highest BCUT2D eigenvalue weighted by Gasteiger charge is 2.46. The number of aliphatic hydroxyl groups excluding tert-OH is 3. The van der Waals surface area contributed by atoms with Crippen LogP contribution in [0.15, 0.2) is 60.8 Å². The Morgan fingerprint density at radius 3 is 1.52 bits per heavy atom. The lowest BCUT2D eigenvalue weighted by atomic mass is 10.00. The largest absolute Gasteiger partial charge is 0.462 e. The van der Waals surface area contributed by atoms with Crippen LogP contribution >= 0.6 is 0 Å². The van der Waals surface area contributed by atoms with Gasteiger partial charge < -0.3 is 34.3 Å². The van der Waals surface area contributed by atoms with Crippen molar-refractivity contribution < 1.29 is 56.8 Å². The number of hydrogen-bond acceptors (Lipinski definition) is 11. The van der Waals surface area contributed by atoms with Crippen molar-refractivity contribution in [1.82, 2.24) is 0 Å². The second-order valence-electron chi connectivity index (χ2n) is 16.4. The lowest BCUT2D eigenvalue weighted by Gasteiger charge is -2.40. The standard InChI is InChI=1S/C49H84O12S/c1-3-5-7-9-11-13-15-17-19-20-21-22-24-25-27-29-31-33-35-37-44(50)58-39-42(40-59-49-48(54)47(53)46(52)43(61-49)41-62(55,56)57)60-45(51)38-36-34-32-30-28-26-23-18-16-14-12-10-8-6-4-2/h11,13,17,19,21-22,25,27-28,30,42-43,46-49,52-54H,3-10,12,14-16,18,20,23-24,26,29,31-41H2,1-2H3,(H,55,56,57)/b13-11+,19-17+,22-21+,27-25+,30-28+/t42-,43-,46-,47?,48?,49+/m1/s1. The predicted octanol–water partition coefficient (Wildman–Crippen LogP) is 10.1. The molecule has 0 bridgehead atoms. The highest BCUT2D eigenvalue weighted by molar-refractivity contribution is 7.85. The van der Waals surface area contributed by atoms with Crippen LogP contribution in [0.2, 0.25) is 0 Å². The fourth-order valence-electron chi connectivity index (χ4n) is 6.83. The van der Waals surface area contributed by atoms with Gasteiger partial charge in [0.1, 0.15) is 36.8 Å². The fraction of sp³-hybridized carbons (Fsp3) is 0.755. The van der Waals surface area contributed by atoms with E-state index >= 15 is 0 Å². The van der Waals surface area contributed by atoms with Crippen LogP contribution < -0.4 is 0 Å². The van der Waals surface area contributed by atoms with Gasteiger partial charge in [-0.1, -0.05) is 145 Å². The minimum atomic E-state index is -4.61. The van der Waals surface area contributed by atoms with Crippen LogP contribution in [0.4, 0.5) is 0 Å². The molecule has 62 heavy (non-hydrogen) atoms. The summed E-state index contributed by atoms with van der Waals surface area (Å²) in [4.78, 5) is 25.4. The minimum Gasteiger partial charge on any atom is -0.462 e. The summed E-state index contributed by atoms with van der Waals surface area (Å²) in [7, 11) is -4.61. The van der Waals surface area contributed by atoms with Gasteiger partial charge in [0.2, 0.25) is 0 Å². The Bertz CT molecular complexity index is 1370. The highest BCUT2D eigenvalue weighted by atomic mass is 32.2. The maximum Gasteiger partial charge on any atom is 0.306 e. The smallest absolute Gasteiger partial charge is 0.306 e. The molecule has 1 aliphatic rings. The van der Waals surface area contributed by atoms with Crippen molar-refractivity contribution in [3.63, 3.8) is 0 Å². The van der Waals surface area contributed by atoms with Crippen LogP contribution in [0.3, 0.4) is 0 Å². The van der Waals surface area contributed by atoms with E-state index < -0.39 is 71.2 Å². The molecule has 1 rings (SSSR count). The third-order valence-electron chi connectivity index (χ3n) is 10.6. The van der Waals surface area contributed by atoms with Crippen LogP contribution in [-0.4, -0.2) is 96.0 Å². The summed E-state index contributed by atoms with van der Waals surface area (Å²) >= 11 is 0. The Morgan fingerprint density at radius 1 is 0.548 bits per heavy atom. The second-order valence-corrected chi connectivity index (χ2v) is 17.9. The van der Waals surface area contributed by atoms with Crippen molar-refractivity contribution in [3.8, 4) is 0 Å². The molecule has 0 aliphatic carbocycles. The van der Waals surface area contributed by atoms with E-state index in [1.165, 1.54) is 83.5 Å². The molecule has 0 aromatic carbocycles.